The first-order chi connectivity index (χ1) is 13.4. The molecular weight excluding hydrogens is 386 g/mol. The number of esters is 1. The van der Waals surface area contributed by atoms with E-state index in [1.54, 1.807) is 43.3 Å². The van der Waals surface area contributed by atoms with Crippen molar-refractivity contribution in [2.75, 3.05) is 13.7 Å². The second-order valence-electron chi connectivity index (χ2n) is 5.85. The summed E-state index contributed by atoms with van der Waals surface area (Å²) in [6.07, 6.45) is 0. The lowest BCUT2D eigenvalue weighted by Gasteiger charge is -2.08. The van der Waals surface area contributed by atoms with Crippen LogP contribution >= 0.6 is 11.6 Å². The first-order valence-electron chi connectivity index (χ1n) is 8.23. The van der Waals surface area contributed by atoms with E-state index < -0.39 is 24.4 Å². The summed E-state index contributed by atoms with van der Waals surface area (Å²) in [7, 11) is 1.42. The van der Waals surface area contributed by atoms with Gasteiger partial charge in [0.15, 0.2) is 6.61 Å². The van der Waals surface area contributed by atoms with E-state index in [0.29, 0.717) is 27.3 Å². The molecule has 0 spiro atoms. The summed E-state index contributed by atoms with van der Waals surface area (Å²) in [5, 5.41) is 3.32. The van der Waals surface area contributed by atoms with E-state index in [1.165, 1.54) is 13.2 Å². The highest BCUT2D eigenvalue weighted by atomic mass is 35.5. The van der Waals surface area contributed by atoms with Crippen molar-refractivity contribution in [3.8, 4) is 5.75 Å². The molecule has 144 valence electrons. The zero-order chi connectivity index (χ0) is 20.3. The maximum atomic E-state index is 12.2. The number of furan rings is 1. The summed E-state index contributed by atoms with van der Waals surface area (Å²) in [6, 6.07) is 11.4. The number of aryl methyl sites for hydroxylation is 1. The van der Waals surface area contributed by atoms with Crippen LogP contribution < -0.4 is 10.1 Å². The Morgan fingerprint density at radius 3 is 2.64 bits per heavy atom. The molecule has 0 unspecified atom stereocenters. The van der Waals surface area contributed by atoms with Crippen LogP contribution in [0.25, 0.3) is 11.0 Å². The molecule has 8 heteroatoms. The highest BCUT2D eigenvalue weighted by Gasteiger charge is 2.21. The lowest BCUT2D eigenvalue weighted by Crippen LogP contribution is -2.34. The van der Waals surface area contributed by atoms with Crippen molar-refractivity contribution in [2.45, 2.75) is 6.92 Å². The number of hydrogen-bond acceptors (Lipinski definition) is 6. The van der Waals surface area contributed by atoms with Gasteiger partial charge in [0.25, 0.3) is 11.8 Å². The smallest absolute Gasteiger partial charge is 0.375 e. The normalized spacial score (nSPS) is 10.5. The van der Waals surface area contributed by atoms with Gasteiger partial charge in [0, 0.05) is 16.0 Å². The molecule has 0 saturated carbocycles. The second kappa shape index (κ2) is 8.14. The third-order valence-electron chi connectivity index (χ3n) is 4.02. The van der Waals surface area contributed by atoms with Crippen molar-refractivity contribution in [3.05, 3.63) is 64.4 Å². The molecule has 28 heavy (non-hydrogen) atoms. The quantitative estimate of drug-likeness (QED) is 0.657. The highest BCUT2D eigenvalue weighted by molar-refractivity contribution is 6.31. The largest absolute Gasteiger partial charge is 0.496 e. The van der Waals surface area contributed by atoms with Crippen molar-refractivity contribution in [2.24, 2.45) is 0 Å². The summed E-state index contributed by atoms with van der Waals surface area (Å²) < 4.78 is 15.5. The zero-order valence-corrected chi connectivity index (χ0v) is 15.8. The summed E-state index contributed by atoms with van der Waals surface area (Å²) in [6.45, 7) is 1.04. The summed E-state index contributed by atoms with van der Waals surface area (Å²) >= 11 is 5.95. The van der Waals surface area contributed by atoms with Gasteiger partial charge >= 0.3 is 5.97 Å². The molecule has 0 saturated heterocycles. The average Bonchev–Trinajstić information content (AvgIpc) is 3.02. The van der Waals surface area contributed by atoms with Gasteiger partial charge in [-0.3, -0.25) is 14.9 Å². The van der Waals surface area contributed by atoms with Crippen molar-refractivity contribution >= 4 is 40.4 Å². The Bertz CT molecular complexity index is 1070. The molecule has 0 radical (unpaired) electrons. The third-order valence-corrected chi connectivity index (χ3v) is 4.26. The van der Waals surface area contributed by atoms with E-state index in [1.807, 2.05) is 0 Å². The van der Waals surface area contributed by atoms with Gasteiger partial charge in [-0.1, -0.05) is 23.7 Å². The Kier molecular flexibility index (Phi) is 5.65. The number of rotatable bonds is 5. The number of ether oxygens (including phenoxy) is 2. The minimum absolute atomic E-state index is 0.0267. The van der Waals surface area contributed by atoms with Crippen LogP contribution in [0.5, 0.6) is 5.75 Å². The van der Waals surface area contributed by atoms with Crippen molar-refractivity contribution < 1.29 is 28.3 Å². The number of imide groups is 1. The molecular formula is C20H16ClNO6. The first-order valence-corrected chi connectivity index (χ1v) is 8.61. The maximum Gasteiger partial charge on any atom is 0.375 e. The van der Waals surface area contributed by atoms with Gasteiger partial charge in [0.05, 0.1) is 12.7 Å². The van der Waals surface area contributed by atoms with E-state index in [2.05, 4.69) is 5.32 Å². The van der Waals surface area contributed by atoms with Gasteiger partial charge in [0.1, 0.15) is 11.3 Å². The number of carbonyl (C=O) groups is 3. The van der Waals surface area contributed by atoms with Gasteiger partial charge in [-0.2, -0.15) is 0 Å². The minimum Gasteiger partial charge on any atom is -0.496 e. The lowest BCUT2D eigenvalue weighted by molar-refractivity contribution is -0.123. The Morgan fingerprint density at radius 1 is 1.14 bits per heavy atom. The van der Waals surface area contributed by atoms with Gasteiger partial charge in [0.2, 0.25) is 5.76 Å². The van der Waals surface area contributed by atoms with Crippen LogP contribution in [0.3, 0.4) is 0 Å². The predicted molar refractivity (Wildman–Crippen MR) is 102 cm³/mol. The van der Waals surface area contributed by atoms with Crippen LogP contribution in [0.2, 0.25) is 5.02 Å². The number of amides is 2. The molecule has 0 atom stereocenters. The maximum absolute atomic E-state index is 12.2. The molecule has 0 aliphatic heterocycles. The number of fused-ring (bicyclic) bond motifs is 1. The molecule has 2 amide bonds. The SMILES string of the molecule is COc1ccccc1C(=O)NC(=O)COC(=O)c1oc2ccc(Cl)cc2c1C. The number of methoxy groups -OCH3 is 1. The monoisotopic (exact) mass is 401 g/mol. The van der Waals surface area contributed by atoms with Gasteiger partial charge in [-0.15, -0.1) is 0 Å². The Balaban J connectivity index is 1.64. The number of hydrogen-bond donors (Lipinski definition) is 1. The van der Waals surface area contributed by atoms with E-state index in [0.717, 1.165) is 0 Å². The lowest BCUT2D eigenvalue weighted by atomic mass is 10.1. The number of nitrogens with one attached hydrogen (secondary N) is 1. The van der Waals surface area contributed by atoms with Crippen molar-refractivity contribution in [1.82, 2.24) is 5.32 Å². The van der Waals surface area contributed by atoms with Crippen LogP contribution in [0.1, 0.15) is 26.5 Å². The number of halogens is 1. The first kappa shape index (κ1) is 19.4. The van der Waals surface area contributed by atoms with E-state index in [-0.39, 0.29) is 11.3 Å². The fraction of sp³-hybridized carbons (Fsp3) is 0.150. The molecule has 1 heterocycles. The average molecular weight is 402 g/mol. The van der Waals surface area contributed by atoms with E-state index in [4.69, 9.17) is 25.5 Å². The Morgan fingerprint density at radius 2 is 1.89 bits per heavy atom. The van der Waals surface area contributed by atoms with Crippen LogP contribution in [-0.4, -0.2) is 31.5 Å². The molecule has 1 N–H and O–H groups in total. The molecule has 3 rings (SSSR count). The Hall–Kier alpha value is -3.32. The van der Waals surface area contributed by atoms with Crippen LogP contribution in [0.4, 0.5) is 0 Å². The van der Waals surface area contributed by atoms with E-state index >= 15 is 0 Å². The fourth-order valence-electron chi connectivity index (χ4n) is 2.65. The van der Waals surface area contributed by atoms with Gasteiger partial charge in [-0.05, 0) is 37.3 Å². The topological polar surface area (TPSA) is 94.8 Å². The predicted octanol–water partition coefficient (Wildman–Crippen LogP) is 3.52. The summed E-state index contributed by atoms with van der Waals surface area (Å²) in [5.41, 5.74) is 1.22. The van der Waals surface area contributed by atoms with Crippen LogP contribution in [0.15, 0.2) is 46.9 Å². The molecule has 3 aromatic rings. The highest BCUT2D eigenvalue weighted by Crippen LogP contribution is 2.28. The van der Waals surface area contributed by atoms with Crippen molar-refractivity contribution in [3.63, 3.8) is 0 Å². The van der Waals surface area contributed by atoms with E-state index in [9.17, 15) is 14.4 Å². The van der Waals surface area contributed by atoms with Gasteiger partial charge in [-0.25, -0.2) is 4.79 Å². The number of carbonyl (C=O) groups excluding carboxylic acids is 3. The Labute approximate surface area is 165 Å². The van der Waals surface area contributed by atoms with Crippen LogP contribution in [0, 0.1) is 6.92 Å². The molecule has 0 aliphatic carbocycles. The summed E-state index contributed by atoms with van der Waals surface area (Å²) in [4.78, 5) is 36.4. The number of benzene rings is 2. The number of para-hydroxylation sites is 1. The van der Waals surface area contributed by atoms with Crippen LogP contribution in [-0.2, 0) is 9.53 Å². The molecule has 0 fully saturated rings. The molecule has 7 nitrogen and oxygen atoms in total. The zero-order valence-electron chi connectivity index (χ0n) is 15.1. The summed E-state index contributed by atoms with van der Waals surface area (Å²) in [5.74, 6) is -1.96. The van der Waals surface area contributed by atoms with Gasteiger partial charge < -0.3 is 13.9 Å². The molecule has 0 bridgehead atoms. The third kappa shape index (κ3) is 3.99. The minimum atomic E-state index is -0.815. The molecule has 2 aromatic carbocycles. The molecule has 1 aromatic heterocycles. The fourth-order valence-corrected chi connectivity index (χ4v) is 2.82. The molecule has 0 aliphatic rings. The second-order valence-corrected chi connectivity index (χ2v) is 6.29. The standard InChI is InChI=1S/C20H16ClNO6/c1-11-14-9-12(21)7-8-16(14)28-18(11)20(25)27-10-17(23)22-19(24)13-5-3-4-6-15(13)26-2/h3-9H,10H2,1-2H3,(H,22,23,24). The van der Waals surface area contributed by atoms with Crippen molar-refractivity contribution in [1.29, 1.82) is 0 Å².